The summed E-state index contributed by atoms with van der Waals surface area (Å²) < 4.78 is 32.0. The molecule has 0 aromatic heterocycles. The van der Waals surface area contributed by atoms with Crippen LogP contribution in [0.1, 0.15) is 11.1 Å². The largest absolute Gasteiger partial charge is 0.492 e. The summed E-state index contributed by atoms with van der Waals surface area (Å²) in [6.45, 7) is 2.45. The van der Waals surface area contributed by atoms with E-state index in [9.17, 15) is 8.42 Å². The maximum absolute atomic E-state index is 12.0. The third-order valence-electron chi connectivity index (χ3n) is 3.05. The molecule has 22 heavy (non-hydrogen) atoms. The fraction of sp³-hybridized carbons (Fsp3) is 0.250. The average molecular weight is 340 g/mol. The van der Waals surface area contributed by atoms with Crippen molar-refractivity contribution in [3.8, 4) is 5.75 Å². The summed E-state index contributed by atoms with van der Waals surface area (Å²) in [5.41, 5.74) is 1.71. The summed E-state index contributed by atoms with van der Waals surface area (Å²) in [5.74, 6) is 0.688. The number of para-hydroxylation sites is 1. The lowest BCUT2D eigenvalue weighted by Gasteiger charge is -2.10. The van der Waals surface area contributed by atoms with Gasteiger partial charge < -0.3 is 4.74 Å². The summed E-state index contributed by atoms with van der Waals surface area (Å²) in [4.78, 5) is 0. The summed E-state index contributed by atoms with van der Waals surface area (Å²) in [5, 5.41) is 0.584. The Hall–Kier alpha value is -1.56. The quantitative estimate of drug-likeness (QED) is 0.788. The normalized spacial score (nSPS) is 11.4. The van der Waals surface area contributed by atoms with Crippen LogP contribution in [0.15, 0.2) is 48.5 Å². The molecule has 2 rings (SSSR count). The third-order valence-corrected chi connectivity index (χ3v) is 4.65. The van der Waals surface area contributed by atoms with Crippen molar-refractivity contribution in [1.29, 1.82) is 0 Å². The van der Waals surface area contributed by atoms with E-state index in [-0.39, 0.29) is 18.9 Å². The van der Waals surface area contributed by atoms with Crippen LogP contribution in [0.3, 0.4) is 0 Å². The Morgan fingerprint density at radius 3 is 2.45 bits per heavy atom. The first-order chi connectivity index (χ1) is 10.5. The number of benzene rings is 2. The molecule has 0 saturated heterocycles. The maximum Gasteiger partial charge on any atom is 0.215 e. The molecule has 2 aromatic carbocycles. The fourth-order valence-electron chi connectivity index (χ4n) is 1.93. The molecule has 0 atom stereocenters. The molecule has 0 spiro atoms. The number of hydrogen-bond acceptors (Lipinski definition) is 3. The Balaban J connectivity index is 1.80. The second-order valence-electron chi connectivity index (χ2n) is 4.89. The van der Waals surface area contributed by atoms with E-state index >= 15 is 0 Å². The van der Waals surface area contributed by atoms with Gasteiger partial charge in [-0.15, -0.1) is 0 Å². The minimum Gasteiger partial charge on any atom is -0.492 e. The first-order valence-corrected chi connectivity index (χ1v) is 8.89. The maximum atomic E-state index is 12.0. The minimum absolute atomic E-state index is 0.0749. The number of ether oxygens (including phenoxy) is 1. The van der Waals surface area contributed by atoms with Crippen molar-refractivity contribution in [2.75, 3.05) is 13.2 Å². The van der Waals surface area contributed by atoms with E-state index in [0.29, 0.717) is 10.6 Å². The number of sulfonamides is 1. The van der Waals surface area contributed by atoms with Gasteiger partial charge in [-0.3, -0.25) is 0 Å². The number of halogens is 1. The van der Waals surface area contributed by atoms with Crippen LogP contribution in [-0.4, -0.2) is 21.6 Å². The zero-order chi connectivity index (χ0) is 16.0. The van der Waals surface area contributed by atoms with Crippen LogP contribution < -0.4 is 9.46 Å². The Kier molecular flexibility index (Phi) is 5.83. The second-order valence-corrected chi connectivity index (χ2v) is 7.14. The summed E-state index contributed by atoms with van der Waals surface area (Å²) in [6.07, 6.45) is 0. The molecule has 118 valence electrons. The van der Waals surface area contributed by atoms with Crippen molar-refractivity contribution in [3.63, 3.8) is 0 Å². The molecule has 0 aliphatic rings. The van der Waals surface area contributed by atoms with Gasteiger partial charge in [0.1, 0.15) is 12.4 Å². The number of aryl methyl sites for hydroxylation is 1. The van der Waals surface area contributed by atoms with Crippen molar-refractivity contribution in [2.45, 2.75) is 12.7 Å². The lowest BCUT2D eigenvalue weighted by molar-refractivity contribution is 0.320. The lowest BCUT2D eigenvalue weighted by atomic mass is 10.2. The number of rotatable bonds is 7. The highest BCUT2D eigenvalue weighted by atomic mass is 35.5. The topological polar surface area (TPSA) is 55.4 Å². The predicted molar refractivity (Wildman–Crippen MR) is 88.8 cm³/mol. The first-order valence-electron chi connectivity index (χ1n) is 6.86. The number of hydrogen-bond donors (Lipinski definition) is 1. The highest BCUT2D eigenvalue weighted by Crippen LogP contribution is 2.15. The van der Waals surface area contributed by atoms with Gasteiger partial charge in [0.15, 0.2) is 0 Å². The number of nitrogens with one attached hydrogen (secondary N) is 1. The molecular formula is C16H18ClNO3S. The van der Waals surface area contributed by atoms with E-state index in [0.717, 1.165) is 11.3 Å². The van der Waals surface area contributed by atoms with Crippen molar-refractivity contribution in [2.24, 2.45) is 0 Å². The molecule has 0 aliphatic heterocycles. The van der Waals surface area contributed by atoms with E-state index in [2.05, 4.69) is 4.72 Å². The van der Waals surface area contributed by atoms with Gasteiger partial charge in [0.05, 0.1) is 5.75 Å². The van der Waals surface area contributed by atoms with Gasteiger partial charge in [-0.05, 0) is 36.2 Å². The van der Waals surface area contributed by atoms with Gasteiger partial charge in [0, 0.05) is 11.6 Å². The molecular weight excluding hydrogens is 322 g/mol. The van der Waals surface area contributed by atoms with E-state index in [4.69, 9.17) is 16.3 Å². The second kappa shape index (κ2) is 7.63. The van der Waals surface area contributed by atoms with Crippen molar-refractivity contribution in [3.05, 3.63) is 64.7 Å². The predicted octanol–water partition coefficient (Wildman–Crippen LogP) is 3.15. The van der Waals surface area contributed by atoms with Crippen LogP contribution in [-0.2, 0) is 15.8 Å². The fourth-order valence-corrected chi connectivity index (χ4v) is 3.18. The third kappa shape index (κ3) is 5.33. The Morgan fingerprint density at radius 1 is 1.09 bits per heavy atom. The van der Waals surface area contributed by atoms with Crippen molar-refractivity contribution in [1.82, 2.24) is 4.72 Å². The Labute approximate surface area is 136 Å². The zero-order valence-electron chi connectivity index (χ0n) is 12.3. The minimum atomic E-state index is -3.39. The molecule has 0 unspecified atom stereocenters. The van der Waals surface area contributed by atoms with Crippen LogP contribution in [0.5, 0.6) is 5.75 Å². The SMILES string of the molecule is Cc1ccccc1OCCNS(=O)(=O)Cc1ccc(Cl)cc1. The van der Waals surface area contributed by atoms with Gasteiger partial charge >= 0.3 is 0 Å². The average Bonchev–Trinajstić information content (AvgIpc) is 2.47. The summed E-state index contributed by atoms with van der Waals surface area (Å²) in [7, 11) is -3.39. The van der Waals surface area contributed by atoms with Crippen LogP contribution in [0.2, 0.25) is 5.02 Å². The molecule has 0 bridgehead atoms. The molecule has 0 fully saturated rings. The summed E-state index contributed by atoms with van der Waals surface area (Å²) >= 11 is 5.77. The van der Waals surface area contributed by atoms with Crippen LogP contribution in [0.4, 0.5) is 0 Å². The van der Waals surface area contributed by atoms with Gasteiger partial charge in [-0.2, -0.15) is 0 Å². The zero-order valence-corrected chi connectivity index (χ0v) is 13.8. The molecule has 0 radical (unpaired) electrons. The molecule has 4 nitrogen and oxygen atoms in total. The molecule has 0 aliphatic carbocycles. The molecule has 6 heteroatoms. The molecule has 2 aromatic rings. The van der Waals surface area contributed by atoms with E-state index in [1.165, 1.54) is 0 Å². The summed E-state index contributed by atoms with van der Waals surface area (Å²) in [6, 6.07) is 14.4. The monoisotopic (exact) mass is 339 g/mol. The van der Waals surface area contributed by atoms with Gasteiger partial charge in [-0.1, -0.05) is 41.9 Å². The smallest absolute Gasteiger partial charge is 0.215 e. The van der Waals surface area contributed by atoms with E-state index < -0.39 is 10.0 Å². The van der Waals surface area contributed by atoms with Gasteiger partial charge in [0.25, 0.3) is 0 Å². The van der Waals surface area contributed by atoms with Crippen LogP contribution in [0.25, 0.3) is 0 Å². The molecule has 0 amide bonds. The molecule has 1 N–H and O–H groups in total. The van der Waals surface area contributed by atoms with Crippen molar-refractivity contribution >= 4 is 21.6 Å². The lowest BCUT2D eigenvalue weighted by Crippen LogP contribution is -2.29. The van der Waals surface area contributed by atoms with Crippen molar-refractivity contribution < 1.29 is 13.2 Å². The molecule has 0 heterocycles. The van der Waals surface area contributed by atoms with E-state index in [1.807, 2.05) is 31.2 Å². The van der Waals surface area contributed by atoms with Gasteiger partial charge in [-0.25, -0.2) is 13.1 Å². The van der Waals surface area contributed by atoms with Crippen LogP contribution in [0, 0.1) is 6.92 Å². The molecule has 0 saturated carbocycles. The van der Waals surface area contributed by atoms with Crippen LogP contribution >= 0.6 is 11.6 Å². The van der Waals surface area contributed by atoms with Gasteiger partial charge in [0.2, 0.25) is 10.0 Å². The Morgan fingerprint density at radius 2 is 1.77 bits per heavy atom. The standard InChI is InChI=1S/C16H18ClNO3S/c1-13-4-2-3-5-16(13)21-11-10-18-22(19,20)12-14-6-8-15(17)9-7-14/h2-9,18H,10-12H2,1H3. The Bertz CT molecular complexity index is 714. The first kappa shape index (κ1) is 16.8. The van der Waals surface area contributed by atoms with E-state index in [1.54, 1.807) is 24.3 Å². The highest BCUT2D eigenvalue weighted by Gasteiger charge is 2.11. The highest BCUT2D eigenvalue weighted by molar-refractivity contribution is 7.88.